The van der Waals surface area contributed by atoms with E-state index in [1.807, 2.05) is 0 Å². The van der Waals surface area contributed by atoms with E-state index in [0.717, 1.165) is 6.42 Å². The summed E-state index contributed by atoms with van der Waals surface area (Å²) < 4.78 is 0. The molecular formula is C11H16N4O2. The average Bonchev–Trinajstić information content (AvgIpc) is 2.29. The number of rotatable bonds is 6. The number of nitrogens with two attached hydrogens (primary N) is 2. The molecule has 0 spiro atoms. The van der Waals surface area contributed by atoms with Crippen LogP contribution in [-0.4, -0.2) is 23.3 Å². The van der Waals surface area contributed by atoms with Gasteiger partial charge in [-0.2, -0.15) is 0 Å². The van der Waals surface area contributed by atoms with Crippen molar-refractivity contribution in [3.63, 3.8) is 0 Å². The van der Waals surface area contributed by atoms with Crippen molar-refractivity contribution < 1.29 is 9.59 Å². The molecular weight excluding hydrogens is 220 g/mol. The summed E-state index contributed by atoms with van der Waals surface area (Å²) in [6.07, 6.45) is 3.17. The fraction of sp³-hybridized carbons (Fsp3) is 0.364. The molecule has 92 valence electrons. The maximum Gasteiger partial charge on any atom is 0.252 e. The highest BCUT2D eigenvalue weighted by atomic mass is 16.2. The third kappa shape index (κ3) is 4.96. The van der Waals surface area contributed by atoms with E-state index in [-0.39, 0.29) is 11.8 Å². The molecule has 0 saturated carbocycles. The van der Waals surface area contributed by atoms with Crippen molar-refractivity contribution in [2.75, 3.05) is 12.3 Å². The van der Waals surface area contributed by atoms with E-state index >= 15 is 0 Å². The highest BCUT2D eigenvalue weighted by Crippen LogP contribution is 2.01. The first-order chi connectivity index (χ1) is 8.09. The van der Waals surface area contributed by atoms with Gasteiger partial charge >= 0.3 is 0 Å². The molecule has 1 rings (SSSR count). The molecule has 6 heteroatoms. The summed E-state index contributed by atoms with van der Waals surface area (Å²) in [6, 6.07) is 3.18. The number of nitrogens with one attached hydrogen (secondary N) is 1. The molecule has 2 amide bonds. The molecule has 0 aliphatic rings. The molecule has 17 heavy (non-hydrogen) atoms. The molecule has 0 atom stereocenters. The lowest BCUT2D eigenvalue weighted by atomic mass is 10.2. The van der Waals surface area contributed by atoms with Crippen molar-refractivity contribution in [2.24, 2.45) is 5.73 Å². The predicted octanol–water partition coefficient (Wildman–Crippen LogP) is 0.0492. The largest absolute Gasteiger partial charge is 0.384 e. The molecule has 5 N–H and O–H groups in total. The minimum Gasteiger partial charge on any atom is -0.384 e. The maximum absolute atomic E-state index is 11.6. The predicted molar refractivity (Wildman–Crippen MR) is 64.0 cm³/mol. The van der Waals surface area contributed by atoms with Crippen LogP contribution in [0.5, 0.6) is 0 Å². The molecule has 0 unspecified atom stereocenters. The number of carbonyl (C=O) groups excluding carboxylic acids is 2. The molecule has 0 radical (unpaired) electrons. The van der Waals surface area contributed by atoms with Gasteiger partial charge in [-0.05, 0) is 25.0 Å². The maximum atomic E-state index is 11.6. The van der Waals surface area contributed by atoms with Crippen LogP contribution in [0.15, 0.2) is 18.3 Å². The van der Waals surface area contributed by atoms with Gasteiger partial charge in [0.25, 0.3) is 5.91 Å². The summed E-state index contributed by atoms with van der Waals surface area (Å²) in [4.78, 5) is 25.9. The number of hydrogen-bond acceptors (Lipinski definition) is 4. The van der Waals surface area contributed by atoms with E-state index in [2.05, 4.69) is 10.3 Å². The fourth-order valence-electron chi connectivity index (χ4n) is 1.27. The average molecular weight is 236 g/mol. The van der Waals surface area contributed by atoms with Crippen molar-refractivity contribution >= 4 is 17.6 Å². The number of hydrogen-bond donors (Lipinski definition) is 3. The summed E-state index contributed by atoms with van der Waals surface area (Å²) >= 11 is 0. The number of aromatic nitrogens is 1. The summed E-state index contributed by atoms with van der Waals surface area (Å²) in [5.41, 5.74) is 10.9. The van der Waals surface area contributed by atoms with Crippen LogP contribution >= 0.6 is 0 Å². The fourth-order valence-corrected chi connectivity index (χ4v) is 1.27. The van der Waals surface area contributed by atoms with E-state index in [9.17, 15) is 9.59 Å². The van der Waals surface area contributed by atoms with Gasteiger partial charge in [-0.25, -0.2) is 4.98 Å². The van der Waals surface area contributed by atoms with E-state index in [0.29, 0.717) is 30.8 Å². The number of amides is 2. The number of anilines is 1. The minimum atomic E-state index is -0.320. The lowest BCUT2D eigenvalue weighted by molar-refractivity contribution is -0.118. The van der Waals surface area contributed by atoms with Crippen molar-refractivity contribution in [1.29, 1.82) is 0 Å². The van der Waals surface area contributed by atoms with Crippen molar-refractivity contribution in [1.82, 2.24) is 10.3 Å². The van der Waals surface area contributed by atoms with Crippen LogP contribution in [0.3, 0.4) is 0 Å². The Morgan fingerprint density at radius 2 is 2.06 bits per heavy atom. The normalized spacial score (nSPS) is 9.88. The van der Waals surface area contributed by atoms with Gasteiger partial charge in [0.2, 0.25) is 5.91 Å². The van der Waals surface area contributed by atoms with Crippen LogP contribution in [-0.2, 0) is 4.79 Å². The molecule has 1 aromatic heterocycles. The second-order valence-electron chi connectivity index (χ2n) is 3.65. The van der Waals surface area contributed by atoms with Gasteiger partial charge in [0.15, 0.2) is 0 Å². The van der Waals surface area contributed by atoms with Crippen LogP contribution in [0.25, 0.3) is 0 Å². The van der Waals surface area contributed by atoms with Gasteiger partial charge in [0, 0.05) is 19.2 Å². The minimum absolute atomic E-state index is 0.198. The van der Waals surface area contributed by atoms with E-state index in [4.69, 9.17) is 11.5 Å². The zero-order chi connectivity index (χ0) is 12.7. The Morgan fingerprint density at radius 3 is 2.65 bits per heavy atom. The molecule has 1 heterocycles. The zero-order valence-electron chi connectivity index (χ0n) is 9.48. The van der Waals surface area contributed by atoms with Crippen LogP contribution in [0, 0.1) is 0 Å². The molecule has 0 aliphatic carbocycles. The van der Waals surface area contributed by atoms with Crippen LogP contribution in [0.1, 0.15) is 29.6 Å². The van der Waals surface area contributed by atoms with Gasteiger partial charge in [0.05, 0.1) is 5.56 Å². The Labute approximate surface area is 99.4 Å². The van der Waals surface area contributed by atoms with Gasteiger partial charge in [0.1, 0.15) is 5.82 Å². The molecule has 0 fully saturated rings. The molecule has 1 aromatic rings. The Bertz CT molecular complexity index is 389. The lowest BCUT2D eigenvalue weighted by Gasteiger charge is -2.04. The smallest absolute Gasteiger partial charge is 0.252 e. The molecule has 6 nitrogen and oxygen atoms in total. The van der Waals surface area contributed by atoms with Crippen molar-refractivity contribution in [2.45, 2.75) is 19.3 Å². The number of carbonyl (C=O) groups is 2. The summed E-state index contributed by atoms with van der Waals surface area (Å²) in [5.74, 6) is -0.140. The SMILES string of the molecule is NC(=O)CCCCNC(=O)c1ccc(N)nc1. The van der Waals surface area contributed by atoms with Gasteiger partial charge < -0.3 is 16.8 Å². The number of nitrogen functional groups attached to an aromatic ring is 1. The highest BCUT2D eigenvalue weighted by molar-refractivity contribution is 5.93. The second-order valence-corrected chi connectivity index (χ2v) is 3.65. The third-order valence-electron chi connectivity index (χ3n) is 2.18. The standard InChI is InChI=1S/C11H16N4O2/c12-9-5-4-8(7-15-9)11(17)14-6-2-1-3-10(13)16/h4-5,7H,1-3,6H2,(H2,12,15)(H2,13,16)(H,14,17). The second kappa shape index (κ2) is 6.47. The summed E-state index contributed by atoms with van der Waals surface area (Å²) in [5, 5.41) is 2.72. The highest BCUT2D eigenvalue weighted by Gasteiger charge is 2.04. The van der Waals surface area contributed by atoms with Gasteiger partial charge in [-0.1, -0.05) is 0 Å². The third-order valence-corrected chi connectivity index (χ3v) is 2.18. The van der Waals surface area contributed by atoms with Gasteiger partial charge in [-0.3, -0.25) is 9.59 Å². The van der Waals surface area contributed by atoms with E-state index < -0.39 is 0 Å². The van der Waals surface area contributed by atoms with Gasteiger partial charge in [-0.15, -0.1) is 0 Å². The van der Waals surface area contributed by atoms with E-state index in [1.54, 1.807) is 12.1 Å². The summed E-state index contributed by atoms with van der Waals surface area (Å²) in [7, 11) is 0. The van der Waals surface area contributed by atoms with Crippen LogP contribution in [0.2, 0.25) is 0 Å². The monoisotopic (exact) mass is 236 g/mol. The van der Waals surface area contributed by atoms with E-state index in [1.165, 1.54) is 6.20 Å². The Morgan fingerprint density at radius 1 is 1.29 bits per heavy atom. The molecule has 0 aliphatic heterocycles. The molecule has 0 bridgehead atoms. The zero-order valence-corrected chi connectivity index (χ0v) is 9.48. The number of nitrogens with zero attached hydrogens (tertiary/aromatic N) is 1. The van der Waals surface area contributed by atoms with Crippen molar-refractivity contribution in [3.8, 4) is 0 Å². The van der Waals surface area contributed by atoms with Crippen LogP contribution < -0.4 is 16.8 Å². The molecule has 0 saturated heterocycles. The lowest BCUT2D eigenvalue weighted by Crippen LogP contribution is -2.24. The van der Waals surface area contributed by atoms with Crippen LogP contribution in [0.4, 0.5) is 5.82 Å². The Kier molecular flexibility index (Phi) is 4.93. The quantitative estimate of drug-likeness (QED) is 0.606. The first-order valence-electron chi connectivity index (χ1n) is 5.37. The number of pyridine rings is 1. The number of primary amides is 1. The topological polar surface area (TPSA) is 111 Å². The number of unbranched alkanes of at least 4 members (excludes halogenated alkanes) is 1. The first kappa shape index (κ1) is 13.0. The first-order valence-corrected chi connectivity index (χ1v) is 5.37. The Hall–Kier alpha value is -2.11. The molecule has 0 aromatic carbocycles. The Balaban J connectivity index is 2.25. The summed E-state index contributed by atoms with van der Waals surface area (Å²) in [6.45, 7) is 0.510. The van der Waals surface area contributed by atoms with Crippen molar-refractivity contribution in [3.05, 3.63) is 23.9 Å².